The van der Waals surface area contributed by atoms with Gasteiger partial charge in [-0.2, -0.15) is 4.98 Å². The smallest absolute Gasteiger partial charge is 0.358 e. The Hall–Kier alpha value is -2.97. The van der Waals surface area contributed by atoms with Crippen LogP contribution in [0.15, 0.2) is 18.7 Å². The average molecular weight is 398 g/mol. The number of esters is 1. The number of aromatic nitrogens is 4. The van der Waals surface area contributed by atoms with Gasteiger partial charge in [-0.05, 0) is 26.2 Å². The average Bonchev–Trinajstić information content (AvgIpc) is 3.42. The van der Waals surface area contributed by atoms with Gasteiger partial charge in [-0.15, -0.1) is 0 Å². The minimum atomic E-state index is -0.479. The lowest BCUT2D eigenvalue weighted by Crippen LogP contribution is -2.55. The van der Waals surface area contributed by atoms with E-state index in [2.05, 4.69) is 14.9 Å². The SMILES string of the molecule is CCOC(=O)c1cn(-c2ncc3c(n2)N(C2CCCC2)[C@H](CC)C(=O)N3C)cn1. The Morgan fingerprint density at radius 3 is 2.69 bits per heavy atom. The topological polar surface area (TPSA) is 93.5 Å². The molecular formula is C20H26N6O3. The van der Waals surface area contributed by atoms with E-state index < -0.39 is 5.97 Å². The van der Waals surface area contributed by atoms with Crippen LogP contribution in [0.1, 0.15) is 56.4 Å². The van der Waals surface area contributed by atoms with Crippen LogP contribution in [0.2, 0.25) is 0 Å². The number of hydrogen-bond donors (Lipinski definition) is 0. The van der Waals surface area contributed by atoms with E-state index in [1.54, 1.807) is 35.8 Å². The lowest BCUT2D eigenvalue weighted by Gasteiger charge is -2.43. The zero-order chi connectivity index (χ0) is 20.5. The van der Waals surface area contributed by atoms with Crippen molar-refractivity contribution in [3.05, 3.63) is 24.4 Å². The first-order valence-electron chi connectivity index (χ1n) is 10.2. The van der Waals surface area contributed by atoms with Crippen LogP contribution < -0.4 is 9.80 Å². The molecule has 154 valence electrons. The predicted octanol–water partition coefficient (Wildman–Crippen LogP) is 2.34. The molecule has 1 aliphatic carbocycles. The molecule has 1 amide bonds. The number of amides is 1. The van der Waals surface area contributed by atoms with Crippen LogP contribution in [0.5, 0.6) is 0 Å². The van der Waals surface area contributed by atoms with Crippen molar-refractivity contribution in [2.24, 2.45) is 0 Å². The zero-order valence-corrected chi connectivity index (χ0v) is 17.0. The number of carbonyl (C=O) groups is 2. The van der Waals surface area contributed by atoms with Crippen LogP contribution in [0.25, 0.3) is 5.95 Å². The van der Waals surface area contributed by atoms with Crippen molar-refractivity contribution >= 4 is 23.4 Å². The Bertz CT molecular complexity index is 921. The Morgan fingerprint density at radius 1 is 1.24 bits per heavy atom. The third kappa shape index (κ3) is 3.34. The molecule has 4 rings (SSSR count). The van der Waals surface area contributed by atoms with Gasteiger partial charge in [-0.1, -0.05) is 19.8 Å². The third-order valence-corrected chi connectivity index (χ3v) is 5.70. The maximum Gasteiger partial charge on any atom is 0.358 e. The van der Waals surface area contributed by atoms with E-state index in [0.717, 1.165) is 25.1 Å². The van der Waals surface area contributed by atoms with Crippen molar-refractivity contribution < 1.29 is 14.3 Å². The lowest BCUT2D eigenvalue weighted by atomic mass is 10.0. The minimum absolute atomic E-state index is 0.0791. The Labute approximate surface area is 169 Å². The van der Waals surface area contributed by atoms with Gasteiger partial charge in [0.05, 0.1) is 12.8 Å². The molecule has 9 nitrogen and oxygen atoms in total. The van der Waals surface area contributed by atoms with Crippen molar-refractivity contribution in [2.45, 2.75) is 58.0 Å². The van der Waals surface area contributed by atoms with E-state index in [9.17, 15) is 9.59 Å². The van der Waals surface area contributed by atoms with Gasteiger partial charge in [0.2, 0.25) is 11.9 Å². The summed E-state index contributed by atoms with van der Waals surface area (Å²) in [6, 6.07) is 0.0770. The number of rotatable bonds is 5. The van der Waals surface area contributed by atoms with Gasteiger partial charge in [0.25, 0.3) is 0 Å². The summed E-state index contributed by atoms with van der Waals surface area (Å²) in [6.07, 6.45) is 9.91. The number of nitrogens with zero attached hydrogens (tertiary/aromatic N) is 6. The number of ether oxygens (including phenoxy) is 1. The van der Waals surface area contributed by atoms with Gasteiger partial charge >= 0.3 is 5.97 Å². The van der Waals surface area contributed by atoms with Gasteiger partial charge in [0.15, 0.2) is 11.5 Å². The summed E-state index contributed by atoms with van der Waals surface area (Å²) in [4.78, 5) is 42.0. The highest BCUT2D eigenvalue weighted by atomic mass is 16.5. The van der Waals surface area contributed by atoms with Gasteiger partial charge in [-0.25, -0.2) is 14.8 Å². The summed E-state index contributed by atoms with van der Waals surface area (Å²) in [7, 11) is 1.77. The molecule has 1 saturated carbocycles. The highest BCUT2D eigenvalue weighted by Gasteiger charge is 2.41. The Kier molecular flexibility index (Phi) is 5.21. The summed E-state index contributed by atoms with van der Waals surface area (Å²) in [5.41, 5.74) is 0.917. The molecule has 0 aromatic carbocycles. The minimum Gasteiger partial charge on any atom is -0.461 e. The number of fused-ring (bicyclic) bond motifs is 1. The summed E-state index contributed by atoms with van der Waals surface area (Å²) >= 11 is 0. The molecule has 3 heterocycles. The number of hydrogen-bond acceptors (Lipinski definition) is 7. The maximum atomic E-state index is 12.9. The fourth-order valence-corrected chi connectivity index (χ4v) is 4.24. The maximum absolute atomic E-state index is 12.9. The first kappa shape index (κ1) is 19.4. The molecule has 1 atom stereocenters. The molecule has 1 fully saturated rings. The molecule has 0 unspecified atom stereocenters. The van der Waals surface area contributed by atoms with Crippen LogP contribution in [-0.2, 0) is 9.53 Å². The van der Waals surface area contributed by atoms with Crippen molar-refractivity contribution in [3.8, 4) is 5.95 Å². The van der Waals surface area contributed by atoms with E-state index in [-0.39, 0.29) is 24.2 Å². The molecule has 2 aliphatic rings. The van der Waals surface area contributed by atoms with E-state index in [1.165, 1.54) is 19.2 Å². The molecule has 0 radical (unpaired) electrons. The van der Waals surface area contributed by atoms with Gasteiger partial charge in [0.1, 0.15) is 18.1 Å². The summed E-state index contributed by atoms with van der Waals surface area (Å²) in [6.45, 7) is 4.07. The van der Waals surface area contributed by atoms with E-state index >= 15 is 0 Å². The van der Waals surface area contributed by atoms with Gasteiger partial charge in [-0.3, -0.25) is 9.36 Å². The second kappa shape index (κ2) is 7.81. The van der Waals surface area contributed by atoms with Crippen LogP contribution >= 0.6 is 0 Å². The first-order chi connectivity index (χ1) is 14.0. The summed E-state index contributed by atoms with van der Waals surface area (Å²) < 4.78 is 6.61. The molecule has 0 N–H and O–H groups in total. The van der Waals surface area contributed by atoms with Crippen molar-refractivity contribution in [3.63, 3.8) is 0 Å². The molecule has 1 aliphatic heterocycles. The number of likely N-dealkylation sites (N-methyl/N-ethyl adjacent to an activating group) is 1. The van der Waals surface area contributed by atoms with Gasteiger partial charge in [0, 0.05) is 19.3 Å². The lowest BCUT2D eigenvalue weighted by molar-refractivity contribution is -0.120. The van der Waals surface area contributed by atoms with E-state index in [4.69, 9.17) is 9.72 Å². The summed E-state index contributed by atoms with van der Waals surface area (Å²) in [5, 5.41) is 0. The first-order valence-corrected chi connectivity index (χ1v) is 10.2. The summed E-state index contributed by atoms with van der Waals surface area (Å²) in [5.74, 6) is 0.776. The van der Waals surface area contributed by atoms with Crippen molar-refractivity contribution in [1.82, 2.24) is 19.5 Å². The van der Waals surface area contributed by atoms with E-state index in [1.807, 2.05) is 6.92 Å². The molecule has 0 bridgehead atoms. The fraction of sp³-hybridized carbons (Fsp3) is 0.550. The largest absolute Gasteiger partial charge is 0.461 e. The fourth-order valence-electron chi connectivity index (χ4n) is 4.24. The standard InChI is InChI=1S/C20H26N6O3/c1-4-15-18(27)24(3)16-10-21-20(23-17(16)26(15)13-8-6-7-9-13)25-11-14(22-12-25)19(28)29-5-2/h10-13,15H,4-9H2,1-3H3/t15-/m1/s1. The second-order valence-corrected chi connectivity index (χ2v) is 7.43. The second-order valence-electron chi connectivity index (χ2n) is 7.43. The van der Waals surface area contributed by atoms with Gasteiger partial charge < -0.3 is 14.5 Å². The van der Waals surface area contributed by atoms with Crippen LogP contribution in [0.4, 0.5) is 11.5 Å². The molecule has 2 aromatic rings. The number of carbonyl (C=O) groups excluding carboxylic acids is 2. The highest BCUT2D eigenvalue weighted by Crippen LogP contribution is 2.39. The van der Waals surface area contributed by atoms with Crippen molar-refractivity contribution in [1.29, 1.82) is 0 Å². The third-order valence-electron chi connectivity index (χ3n) is 5.70. The number of imidazole rings is 1. The molecule has 0 spiro atoms. The predicted molar refractivity (Wildman–Crippen MR) is 107 cm³/mol. The van der Waals surface area contributed by atoms with Crippen LogP contribution in [-0.4, -0.2) is 57.1 Å². The zero-order valence-electron chi connectivity index (χ0n) is 17.0. The Balaban J connectivity index is 1.75. The van der Waals surface area contributed by atoms with Crippen molar-refractivity contribution in [2.75, 3.05) is 23.5 Å². The van der Waals surface area contributed by atoms with Crippen LogP contribution in [0, 0.1) is 0 Å². The van der Waals surface area contributed by atoms with Crippen LogP contribution in [0.3, 0.4) is 0 Å². The Morgan fingerprint density at radius 2 is 2.00 bits per heavy atom. The monoisotopic (exact) mass is 398 g/mol. The molecular weight excluding hydrogens is 372 g/mol. The normalized spacial score (nSPS) is 19.6. The highest BCUT2D eigenvalue weighted by molar-refractivity contribution is 6.04. The number of anilines is 2. The molecule has 0 saturated heterocycles. The molecule has 9 heteroatoms. The molecule has 29 heavy (non-hydrogen) atoms. The molecule has 2 aromatic heterocycles. The van der Waals surface area contributed by atoms with E-state index in [0.29, 0.717) is 17.7 Å². The quantitative estimate of drug-likeness (QED) is 0.714.